The van der Waals surface area contributed by atoms with Crippen LogP contribution in [0.15, 0.2) is 70.5 Å². The van der Waals surface area contributed by atoms with Crippen LogP contribution < -0.4 is 19.8 Å². The molecule has 0 aliphatic carbocycles. The van der Waals surface area contributed by atoms with E-state index in [1.807, 2.05) is 19.1 Å². The van der Waals surface area contributed by atoms with Gasteiger partial charge >= 0.3 is 4.87 Å². The molecule has 1 fully saturated rings. The topological polar surface area (TPSA) is 109 Å². The number of hydrogen-bond donors (Lipinski definition) is 2. The third-order valence-corrected chi connectivity index (χ3v) is 10.4. The van der Waals surface area contributed by atoms with Gasteiger partial charge in [0.05, 0.1) is 26.7 Å². The first-order valence-electron chi connectivity index (χ1n) is 12.6. The zero-order valence-corrected chi connectivity index (χ0v) is 25.6. The number of carbonyl (C=O) groups excluding carboxylic acids is 3. The summed E-state index contributed by atoms with van der Waals surface area (Å²) in [6.07, 6.45) is 0. The number of hydrogen-bond acceptors (Lipinski definition) is 7. The van der Waals surface area contributed by atoms with Crippen molar-refractivity contribution in [1.82, 2.24) is 4.98 Å². The smallest absolute Gasteiger partial charge is 0.305 e. The lowest BCUT2D eigenvalue weighted by Crippen LogP contribution is -2.32. The summed E-state index contributed by atoms with van der Waals surface area (Å²) >= 11 is 20.6. The number of halogens is 3. The Morgan fingerprint density at radius 3 is 2.48 bits per heavy atom. The summed E-state index contributed by atoms with van der Waals surface area (Å²) < 4.78 is 5.96. The molecule has 3 heterocycles. The van der Waals surface area contributed by atoms with E-state index in [0.717, 1.165) is 16.9 Å². The minimum atomic E-state index is -0.839. The van der Waals surface area contributed by atoms with E-state index in [1.54, 1.807) is 42.5 Å². The molecular formula is C29H20Cl3N3O5S2. The van der Waals surface area contributed by atoms with Gasteiger partial charge in [0, 0.05) is 27.1 Å². The third kappa shape index (κ3) is 5.33. The van der Waals surface area contributed by atoms with Gasteiger partial charge in [0.25, 0.3) is 5.91 Å². The highest BCUT2D eigenvalue weighted by Gasteiger charge is 2.56. The number of rotatable bonds is 6. The normalized spacial score (nSPS) is 19.4. The maximum Gasteiger partial charge on any atom is 0.305 e. The fraction of sp³-hybridized carbons (Fsp3) is 0.172. The fourth-order valence-electron chi connectivity index (χ4n) is 5.11. The van der Waals surface area contributed by atoms with Crippen LogP contribution in [0.3, 0.4) is 0 Å². The molecule has 0 radical (unpaired) electrons. The number of thiazole rings is 1. The number of amides is 3. The molecule has 1 aromatic heterocycles. The molecule has 0 bridgehead atoms. The number of anilines is 2. The molecule has 3 atom stereocenters. The van der Waals surface area contributed by atoms with Crippen molar-refractivity contribution in [3.05, 3.63) is 101 Å². The molecule has 4 aromatic rings. The first-order valence-corrected chi connectivity index (χ1v) is 15.4. The van der Waals surface area contributed by atoms with Crippen molar-refractivity contribution in [3.63, 3.8) is 0 Å². The number of fused-ring (bicyclic) bond motifs is 2. The van der Waals surface area contributed by atoms with E-state index in [1.165, 1.54) is 22.7 Å². The van der Waals surface area contributed by atoms with Crippen molar-refractivity contribution in [2.45, 2.75) is 23.1 Å². The van der Waals surface area contributed by atoms with Crippen LogP contribution in [-0.4, -0.2) is 34.6 Å². The fourth-order valence-corrected chi connectivity index (χ4v) is 8.09. The third-order valence-electron chi connectivity index (χ3n) is 6.99. The second-order valence-electron chi connectivity index (χ2n) is 9.75. The molecule has 2 aliphatic heterocycles. The number of thioether (sulfide) groups is 1. The average molecular weight is 661 g/mol. The van der Waals surface area contributed by atoms with Gasteiger partial charge in [0.2, 0.25) is 11.8 Å². The molecule has 214 valence electrons. The van der Waals surface area contributed by atoms with Crippen LogP contribution in [0.2, 0.25) is 15.1 Å². The number of aryl methyl sites for hydroxylation is 1. The summed E-state index contributed by atoms with van der Waals surface area (Å²) in [5.74, 6) is -2.49. The highest BCUT2D eigenvalue weighted by atomic mass is 35.5. The summed E-state index contributed by atoms with van der Waals surface area (Å²) in [7, 11) is 0. The van der Waals surface area contributed by atoms with E-state index in [-0.39, 0.29) is 28.3 Å². The van der Waals surface area contributed by atoms with E-state index in [9.17, 15) is 19.2 Å². The van der Waals surface area contributed by atoms with Crippen LogP contribution >= 0.6 is 57.9 Å². The molecule has 0 saturated carbocycles. The summed E-state index contributed by atoms with van der Waals surface area (Å²) in [5.41, 5.74) is 2.40. The Kier molecular flexibility index (Phi) is 7.84. The van der Waals surface area contributed by atoms with Gasteiger partial charge in [-0.05, 0) is 55.5 Å². The molecule has 13 heteroatoms. The van der Waals surface area contributed by atoms with Gasteiger partial charge in [-0.1, -0.05) is 75.6 Å². The van der Waals surface area contributed by atoms with E-state index in [0.29, 0.717) is 42.6 Å². The Balaban J connectivity index is 1.35. The second-order valence-corrected chi connectivity index (χ2v) is 13.2. The molecule has 2 aliphatic rings. The maximum atomic E-state index is 14.0. The summed E-state index contributed by atoms with van der Waals surface area (Å²) in [5, 5.41) is 3.44. The van der Waals surface area contributed by atoms with Crippen molar-refractivity contribution < 1.29 is 19.1 Å². The van der Waals surface area contributed by atoms with Crippen molar-refractivity contribution in [1.29, 1.82) is 0 Å². The molecule has 1 saturated heterocycles. The minimum Gasteiger partial charge on any atom is -0.483 e. The van der Waals surface area contributed by atoms with E-state index >= 15 is 0 Å². The number of nitrogens with zero attached hydrogens (tertiary/aromatic N) is 1. The Morgan fingerprint density at radius 2 is 1.74 bits per heavy atom. The predicted octanol–water partition coefficient (Wildman–Crippen LogP) is 6.52. The summed E-state index contributed by atoms with van der Waals surface area (Å²) in [6, 6.07) is 16.7. The number of carbonyl (C=O) groups is 3. The Hall–Kier alpha value is -3.28. The summed E-state index contributed by atoms with van der Waals surface area (Å²) in [4.78, 5) is 57.2. The van der Waals surface area contributed by atoms with Gasteiger partial charge in [-0.3, -0.25) is 19.2 Å². The largest absolute Gasteiger partial charge is 0.483 e. The van der Waals surface area contributed by atoms with Crippen LogP contribution in [0.25, 0.3) is 0 Å². The lowest BCUT2D eigenvalue weighted by molar-refractivity contribution is -0.122. The van der Waals surface area contributed by atoms with Crippen LogP contribution in [0.1, 0.15) is 21.9 Å². The SMILES string of the molecule is Cc1ccc(N2C(=O)C3Sc4[nH]c(=O)sc4C(c4cc(Cl)ccc4OCC(=O)Nc4ccc(Cl)c(Cl)c4)C3C2=O)cc1. The first kappa shape index (κ1) is 28.8. The molecule has 6 rings (SSSR count). The number of aromatic nitrogens is 1. The number of H-pyrrole nitrogens is 1. The molecular weight excluding hydrogens is 641 g/mol. The quantitative estimate of drug-likeness (QED) is 0.228. The zero-order valence-electron chi connectivity index (χ0n) is 21.7. The van der Waals surface area contributed by atoms with Crippen LogP contribution in [-0.2, 0) is 14.4 Å². The van der Waals surface area contributed by atoms with Gasteiger partial charge < -0.3 is 15.0 Å². The van der Waals surface area contributed by atoms with Crippen LogP contribution in [0, 0.1) is 12.8 Å². The maximum absolute atomic E-state index is 14.0. The number of aromatic amines is 1. The Morgan fingerprint density at radius 1 is 0.976 bits per heavy atom. The van der Waals surface area contributed by atoms with Crippen molar-refractivity contribution in [2.24, 2.45) is 5.92 Å². The molecule has 3 unspecified atom stereocenters. The number of nitrogens with one attached hydrogen (secondary N) is 2. The first-order chi connectivity index (χ1) is 20.1. The monoisotopic (exact) mass is 659 g/mol. The Labute approximate surface area is 262 Å². The predicted molar refractivity (Wildman–Crippen MR) is 166 cm³/mol. The second kappa shape index (κ2) is 11.4. The number of ether oxygens (including phenoxy) is 1. The van der Waals surface area contributed by atoms with Crippen LogP contribution in [0.4, 0.5) is 11.4 Å². The Bertz CT molecular complexity index is 1810. The summed E-state index contributed by atoms with van der Waals surface area (Å²) in [6.45, 7) is 1.55. The average Bonchev–Trinajstić information content (AvgIpc) is 3.44. The highest BCUT2D eigenvalue weighted by molar-refractivity contribution is 8.00. The molecule has 0 spiro atoms. The molecule has 3 amide bonds. The number of benzene rings is 3. The van der Waals surface area contributed by atoms with Gasteiger partial charge in [0.15, 0.2) is 6.61 Å². The molecule has 3 aromatic carbocycles. The van der Waals surface area contributed by atoms with E-state index in [4.69, 9.17) is 39.5 Å². The zero-order chi connectivity index (χ0) is 29.7. The van der Waals surface area contributed by atoms with Gasteiger partial charge in [-0.2, -0.15) is 0 Å². The van der Waals surface area contributed by atoms with Gasteiger partial charge in [0.1, 0.15) is 11.0 Å². The molecule has 8 nitrogen and oxygen atoms in total. The standard InChI is InChI=1S/C29H20Cl3N3O5S2/c1-13-2-6-16(7-3-13)35-27(37)23-22(24-26(34-29(39)42-24)41-25(23)28(35)38)17-10-14(30)4-9-20(17)40-12-21(36)33-15-5-8-18(31)19(32)11-15/h2-11,22-23,25H,12H2,1H3,(H,33,36)(H,34,39). The number of imide groups is 1. The van der Waals surface area contributed by atoms with Crippen molar-refractivity contribution >= 4 is 87.0 Å². The lowest BCUT2D eigenvalue weighted by Gasteiger charge is -2.31. The minimum absolute atomic E-state index is 0.289. The van der Waals surface area contributed by atoms with Crippen molar-refractivity contribution in [2.75, 3.05) is 16.8 Å². The highest BCUT2D eigenvalue weighted by Crippen LogP contribution is 2.54. The van der Waals surface area contributed by atoms with E-state index in [2.05, 4.69) is 10.3 Å². The van der Waals surface area contributed by atoms with Crippen molar-refractivity contribution in [3.8, 4) is 5.75 Å². The van der Waals surface area contributed by atoms with Gasteiger partial charge in [-0.15, -0.1) is 0 Å². The lowest BCUT2D eigenvalue weighted by atomic mass is 9.82. The molecule has 2 N–H and O–H groups in total. The van der Waals surface area contributed by atoms with Gasteiger partial charge in [-0.25, -0.2) is 4.90 Å². The van der Waals surface area contributed by atoms with E-state index < -0.39 is 23.0 Å². The molecule has 42 heavy (non-hydrogen) atoms. The van der Waals surface area contributed by atoms with Crippen LogP contribution in [0.5, 0.6) is 5.75 Å².